The van der Waals surface area contributed by atoms with Crippen molar-refractivity contribution in [2.24, 2.45) is 11.3 Å². The number of amides is 4. The largest absolute Gasteiger partial charge is 0.467 e. The van der Waals surface area contributed by atoms with Gasteiger partial charge in [0.1, 0.15) is 12.1 Å². The highest BCUT2D eigenvalue weighted by Gasteiger charge is 2.37. The van der Waals surface area contributed by atoms with Crippen molar-refractivity contribution in [2.75, 3.05) is 46.9 Å². The lowest BCUT2D eigenvalue weighted by Crippen LogP contribution is -2.59. The second-order valence-corrected chi connectivity index (χ2v) is 19.4. The SMILES string of the molecule is CC#CC(=O)N1CCCC1.CCn1c(-c2cccnc2C(C)OC)c(CC(C)(C)COC=O)c2cc(-c3csc(CC(NC(=O)C(C4CCCC4)N(C)C=O)C(=O)N4CCCCN4)n3)ccc21. The summed E-state index contributed by atoms with van der Waals surface area (Å²) >= 11 is 1.46. The van der Waals surface area contributed by atoms with Crippen molar-refractivity contribution >= 4 is 52.8 Å². The van der Waals surface area contributed by atoms with E-state index in [0.717, 1.165) is 114 Å². The molecule has 5 heterocycles. The first-order valence-electron chi connectivity index (χ1n) is 23.7. The van der Waals surface area contributed by atoms with E-state index in [1.807, 2.05) is 18.4 Å². The van der Waals surface area contributed by atoms with E-state index in [4.69, 9.17) is 19.4 Å². The molecule has 4 amide bonds. The Morgan fingerprint density at radius 3 is 2.48 bits per heavy atom. The van der Waals surface area contributed by atoms with Crippen LogP contribution in [0.5, 0.6) is 0 Å². The van der Waals surface area contributed by atoms with Crippen LogP contribution in [0.2, 0.25) is 0 Å². The number of hydrogen-bond donors (Lipinski definition) is 2. The number of rotatable bonds is 18. The Hall–Kier alpha value is -5.63. The second kappa shape index (κ2) is 23.9. The zero-order chi connectivity index (χ0) is 48.1. The Bertz CT molecular complexity index is 2400. The van der Waals surface area contributed by atoms with Crippen molar-refractivity contribution < 1.29 is 33.4 Å². The van der Waals surface area contributed by atoms with Gasteiger partial charge in [-0.05, 0) is 107 Å². The van der Waals surface area contributed by atoms with Crippen molar-refractivity contribution in [1.82, 2.24) is 40.1 Å². The molecule has 3 fully saturated rings. The number of likely N-dealkylation sites (N-methyl/N-ethyl adjacent to an activating group) is 1. The third-order valence-electron chi connectivity index (χ3n) is 13.1. The van der Waals surface area contributed by atoms with Gasteiger partial charge in [0.15, 0.2) is 0 Å². The number of thiazole rings is 1. The van der Waals surface area contributed by atoms with Gasteiger partial charge in [-0.25, -0.2) is 10.4 Å². The molecule has 67 heavy (non-hydrogen) atoms. The molecule has 3 atom stereocenters. The predicted octanol–water partition coefficient (Wildman–Crippen LogP) is 6.73. The molecule has 4 aromatic rings. The molecule has 2 saturated heterocycles. The highest BCUT2D eigenvalue weighted by atomic mass is 32.1. The molecule has 3 aliphatic rings. The van der Waals surface area contributed by atoms with Crippen LogP contribution in [-0.4, -0.2) is 119 Å². The Morgan fingerprint density at radius 1 is 1.07 bits per heavy atom. The molecule has 1 aromatic carbocycles. The standard InChI is InChI=1S/C43H57N7O6S.C8H11NO/c1-7-49-36-17-16-30(21-32(36)33(23-43(3,4)25-56-27-52)40(49)31-15-12-18-44-38(31)28(2)55-6)35-24-57-37(46-35)22-34(42(54)50-20-11-10-19-45-50)47-41(53)39(48(5)26-51)29-13-8-9-14-29;1-2-5-8(10)9-6-3-4-7-9/h12,15-18,21,24,26-29,34,39,45H,7-11,13-14,19-20,22-23,25H2,1-6H3,(H,47,53);3-4,6-7H2,1H3. The number of fused-ring (bicyclic) bond motifs is 1. The summed E-state index contributed by atoms with van der Waals surface area (Å²) in [6, 6.07) is 8.92. The van der Waals surface area contributed by atoms with Gasteiger partial charge in [-0.3, -0.25) is 34.0 Å². The van der Waals surface area contributed by atoms with Crippen molar-refractivity contribution in [1.29, 1.82) is 0 Å². The van der Waals surface area contributed by atoms with Crippen LogP contribution in [0.1, 0.15) is 108 Å². The highest BCUT2D eigenvalue weighted by Crippen LogP contribution is 2.42. The average Bonchev–Trinajstić information content (AvgIpc) is 4.20. The van der Waals surface area contributed by atoms with Gasteiger partial charge >= 0.3 is 0 Å². The minimum absolute atomic E-state index is 0.0139. The van der Waals surface area contributed by atoms with Crippen LogP contribution >= 0.6 is 11.3 Å². The van der Waals surface area contributed by atoms with Gasteiger partial charge in [0.05, 0.1) is 34.8 Å². The average molecular weight is 937 g/mol. The molecule has 3 aromatic heterocycles. The van der Waals surface area contributed by atoms with E-state index in [1.54, 1.807) is 37.2 Å². The number of aromatic nitrogens is 3. The van der Waals surface area contributed by atoms with E-state index in [2.05, 4.69) is 72.2 Å². The third kappa shape index (κ3) is 12.5. The van der Waals surface area contributed by atoms with E-state index in [-0.39, 0.29) is 48.2 Å². The minimum Gasteiger partial charge on any atom is -0.467 e. The number of likely N-dealkylation sites (tertiary alicyclic amines) is 1. The number of carbonyl (C=O) groups is 5. The lowest BCUT2D eigenvalue weighted by Gasteiger charge is -2.33. The van der Waals surface area contributed by atoms with Crippen LogP contribution < -0.4 is 10.7 Å². The molecule has 3 unspecified atom stereocenters. The number of nitrogens with zero attached hydrogens (tertiary/aromatic N) is 6. The molecule has 1 saturated carbocycles. The topological polar surface area (TPSA) is 168 Å². The number of nitrogens with one attached hydrogen (secondary N) is 2. The number of methoxy groups -OCH3 is 1. The van der Waals surface area contributed by atoms with Crippen molar-refractivity contribution in [3.63, 3.8) is 0 Å². The highest BCUT2D eigenvalue weighted by molar-refractivity contribution is 7.10. The summed E-state index contributed by atoms with van der Waals surface area (Å²) in [5.74, 6) is 4.64. The fourth-order valence-corrected chi connectivity index (χ4v) is 10.5. The quantitative estimate of drug-likeness (QED) is 0.0807. The molecule has 1 aliphatic carbocycles. The number of hydrogen-bond acceptors (Lipinski definition) is 11. The first-order chi connectivity index (χ1) is 32.3. The van der Waals surface area contributed by atoms with Gasteiger partial charge in [-0.15, -0.1) is 11.3 Å². The lowest BCUT2D eigenvalue weighted by molar-refractivity contribution is -0.142. The van der Waals surface area contributed by atoms with E-state index in [0.29, 0.717) is 38.9 Å². The summed E-state index contributed by atoms with van der Waals surface area (Å²) in [6.07, 6.45) is 11.0. The zero-order valence-corrected chi connectivity index (χ0v) is 41.1. The second-order valence-electron chi connectivity index (χ2n) is 18.5. The fourth-order valence-electron chi connectivity index (χ4n) is 9.65. The fraction of sp³-hybridized carbons (Fsp3) is 0.549. The molecule has 0 radical (unpaired) electrons. The van der Waals surface area contributed by atoms with E-state index < -0.39 is 12.1 Å². The Balaban J connectivity index is 0.000000656. The molecular weight excluding hydrogens is 869 g/mol. The number of carbonyl (C=O) groups excluding carboxylic acids is 5. The number of ether oxygens (including phenoxy) is 2. The molecule has 7 rings (SSSR count). The van der Waals surface area contributed by atoms with Crippen LogP contribution in [0, 0.1) is 23.2 Å². The molecule has 0 bridgehead atoms. The monoisotopic (exact) mass is 936 g/mol. The zero-order valence-electron chi connectivity index (χ0n) is 40.3. The van der Waals surface area contributed by atoms with Crippen LogP contribution in [0.4, 0.5) is 0 Å². The minimum atomic E-state index is -0.861. The normalized spacial score (nSPS) is 16.6. The van der Waals surface area contributed by atoms with E-state index in [1.165, 1.54) is 16.2 Å². The summed E-state index contributed by atoms with van der Waals surface area (Å²) in [7, 11) is 3.32. The molecule has 360 valence electrons. The van der Waals surface area contributed by atoms with Gasteiger partial charge < -0.3 is 29.2 Å². The molecule has 2 aliphatic heterocycles. The molecule has 0 spiro atoms. The predicted molar refractivity (Wildman–Crippen MR) is 260 cm³/mol. The molecule has 16 heteroatoms. The maximum Gasteiger partial charge on any atom is 0.298 e. The summed E-state index contributed by atoms with van der Waals surface area (Å²) in [5, 5.41) is 8.46. The third-order valence-corrected chi connectivity index (χ3v) is 13.9. The van der Waals surface area contributed by atoms with Crippen molar-refractivity contribution in [2.45, 2.75) is 124 Å². The van der Waals surface area contributed by atoms with Crippen LogP contribution in [0.3, 0.4) is 0 Å². The number of hydrazine groups is 1. The Labute approximate surface area is 399 Å². The first-order valence-corrected chi connectivity index (χ1v) is 24.6. The summed E-state index contributed by atoms with van der Waals surface area (Å²) < 4.78 is 13.4. The van der Waals surface area contributed by atoms with Gasteiger partial charge in [-0.2, -0.15) is 0 Å². The summed E-state index contributed by atoms with van der Waals surface area (Å²) in [6.45, 7) is 14.5. The van der Waals surface area contributed by atoms with Gasteiger partial charge in [0.25, 0.3) is 18.3 Å². The Morgan fingerprint density at radius 2 is 1.82 bits per heavy atom. The van der Waals surface area contributed by atoms with Gasteiger partial charge in [-0.1, -0.05) is 38.7 Å². The number of aryl methyl sites for hydroxylation is 1. The summed E-state index contributed by atoms with van der Waals surface area (Å²) in [4.78, 5) is 75.2. The smallest absolute Gasteiger partial charge is 0.298 e. The van der Waals surface area contributed by atoms with Crippen molar-refractivity contribution in [3.8, 4) is 34.4 Å². The maximum absolute atomic E-state index is 14.0. The Kier molecular flexibility index (Phi) is 18.1. The molecule has 15 nitrogen and oxygen atoms in total. The maximum atomic E-state index is 14.0. The molecule has 2 N–H and O–H groups in total. The van der Waals surface area contributed by atoms with Crippen LogP contribution in [0.15, 0.2) is 41.9 Å². The van der Waals surface area contributed by atoms with E-state index >= 15 is 0 Å². The van der Waals surface area contributed by atoms with Crippen molar-refractivity contribution in [3.05, 3.63) is 58.2 Å². The number of benzene rings is 1. The van der Waals surface area contributed by atoms with Crippen LogP contribution in [-0.2, 0) is 52.8 Å². The first kappa shape index (κ1) is 50.8. The van der Waals surface area contributed by atoms with E-state index in [9.17, 15) is 24.0 Å². The number of pyridine rings is 1. The molecular formula is C51H68N8O7S. The lowest BCUT2D eigenvalue weighted by atomic mass is 9.84. The van der Waals surface area contributed by atoms with Gasteiger partial charge in [0, 0.05) is 92.3 Å². The van der Waals surface area contributed by atoms with Crippen LogP contribution in [0.25, 0.3) is 33.4 Å². The summed E-state index contributed by atoms with van der Waals surface area (Å²) in [5.41, 5.74) is 9.56. The van der Waals surface area contributed by atoms with Gasteiger partial charge in [0.2, 0.25) is 12.3 Å².